The molecule has 1 aliphatic rings. The summed E-state index contributed by atoms with van der Waals surface area (Å²) in [5, 5.41) is 5.78. The maximum Gasteiger partial charge on any atom is 0.338 e. The first-order valence-corrected chi connectivity index (χ1v) is 10.3. The third-order valence-corrected chi connectivity index (χ3v) is 5.01. The van der Waals surface area contributed by atoms with E-state index in [2.05, 4.69) is 10.6 Å². The first-order valence-electron chi connectivity index (χ1n) is 9.93. The van der Waals surface area contributed by atoms with Gasteiger partial charge < -0.3 is 24.8 Å². The van der Waals surface area contributed by atoms with Gasteiger partial charge in [0.1, 0.15) is 12.4 Å². The molecular formula is C23H23ClN2O6. The Hall–Kier alpha value is -3.52. The summed E-state index contributed by atoms with van der Waals surface area (Å²) in [6.45, 7) is 1.52. The number of carbonyl (C=O) groups is 3. The van der Waals surface area contributed by atoms with Gasteiger partial charge in [-0.25, -0.2) is 9.59 Å². The van der Waals surface area contributed by atoms with Crippen LogP contribution in [0.25, 0.3) is 0 Å². The van der Waals surface area contributed by atoms with Gasteiger partial charge in [-0.2, -0.15) is 0 Å². The highest BCUT2D eigenvalue weighted by molar-refractivity contribution is 6.30. The van der Waals surface area contributed by atoms with E-state index in [1.165, 1.54) is 7.11 Å². The minimum Gasteiger partial charge on any atom is -0.496 e. The minimum absolute atomic E-state index is 0.0289. The zero-order valence-corrected chi connectivity index (χ0v) is 18.4. The van der Waals surface area contributed by atoms with Gasteiger partial charge in [-0.15, -0.1) is 0 Å². The number of amides is 2. The van der Waals surface area contributed by atoms with Crippen molar-refractivity contribution < 1.29 is 28.6 Å². The highest BCUT2D eigenvalue weighted by Gasteiger charge is 2.34. The summed E-state index contributed by atoms with van der Waals surface area (Å²) in [6, 6.07) is 12.5. The molecule has 0 spiro atoms. The van der Waals surface area contributed by atoms with Gasteiger partial charge in [0, 0.05) is 10.6 Å². The van der Waals surface area contributed by atoms with E-state index in [1.54, 1.807) is 55.5 Å². The van der Waals surface area contributed by atoms with Crippen molar-refractivity contribution in [2.45, 2.75) is 19.4 Å². The summed E-state index contributed by atoms with van der Waals surface area (Å²) in [5.41, 5.74) is 1.59. The molecule has 0 fully saturated rings. The third kappa shape index (κ3) is 5.59. The number of methoxy groups -OCH3 is 1. The van der Waals surface area contributed by atoms with Gasteiger partial charge in [0.15, 0.2) is 0 Å². The number of benzene rings is 2. The van der Waals surface area contributed by atoms with Gasteiger partial charge in [-0.3, -0.25) is 4.79 Å². The lowest BCUT2D eigenvalue weighted by atomic mass is 9.95. The van der Waals surface area contributed by atoms with Crippen LogP contribution in [0.4, 0.5) is 4.79 Å². The van der Waals surface area contributed by atoms with Gasteiger partial charge in [0.05, 0.1) is 37.4 Å². The quantitative estimate of drug-likeness (QED) is 0.588. The normalized spacial score (nSPS) is 15.5. The van der Waals surface area contributed by atoms with E-state index in [4.69, 9.17) is 25.8 Å². The number of ether oxygens (including phenoxy) is 3. The maximum absolute atomic E-state index is 12.7. The molecule has 3 rings (SSSR count). The predicted molar refractivity (Wildman–Crippen MR) is 117 cm³/mol. The van der Waals surface area contributed by atoms with Gasteiger partial charge in [0.2, 0.25) is 0 Å². The molecular weight excluding hydrogens is 436 g/mol. The van der Waals surface area contributed by atoms with E-state index in [9.17, 15) is 14.4 Å². The highest BCUT2D eigenvalue weighted by atomic mass is 35.5. The Morgan fingerprint density at radius 3 is 2.47 bits per heavy atom. The molecule has 2 aromatic rings. The van der Waals surface area contributed by atoms with Crippen molar-refractivity contribution in [1.82, 2.24) is 10.6 Å². The first-order chi connectivity index (χ1) is 15.4. The molecule has 1 aliphatic heterocycles. The van der Waals surface area contributed by atoms with Crippen molar-refractivity contribution in [2.75, 3.05) is 20.3 Å². The van der Waals surface area contributed by atoms with Crippen LogP contribution >= 0.6 is 11.6 Å². The van der Waals surface area contributed by atoms with Crippen LogP contribution in [0, 0.1) is 0 Å². The zero-order chi connectivity index (χ0) is 23.1. The van der Waals surface area contributed by atoms with E-state index in [1.807, 2.05) is 0 Å². The van der Waals surface area contributed by atoms with Crippen LogP contribution in [-0.2, 0) is 25.5 Å². The van der Waals surface area contributed by atoms with Crippen LogP contribution in [0.15, 0.2) is 59.8 Å². The number of esters is 2. The molecule has 0 aliphatic carbocycles. The summed E-state index contributed by atoms with van der Waals surface area (Å²) in [4.78, 5) is 37.4. The monoisotopic (exact) mass is 458 g/mol. The number of hydrogen-bond donors (Lipinski definition) is 2. The Bertz CT molecular complexity index is 1040. The zero-order valence-electron chi connectivity index (χ0n) is 17.6. The maximum atomic E-state index is 12.7. The lowest BCUT2D eigenvalue weighted by Gasteiger charge is -2.29. The predicted octanol–water partition coefficient (Wildman–Crippen LogP) is 3.31. The van der Waals surface area contributed by atoms with Crippen LogP contribution in [-0.4, -0.2) is 38.3 Å². The molecule has 168 valence electrons. The van der Waals surface area contributed by atoms with E-state index in [0.717, 1.165) is 0 Å². The molecule has 9 heteroatoms. The minimum atomic E-state index is -0.789. The molecule has 2 aromatic carbocycles. The average Bonchev–Trinajstić information content (AvgIpc) is 2.78. The van der Waals surface area contributed by atoms with E-state index in [0.29, 0.717) is 21.9 Å². The van der Waals surface area contributed by atoms with Crippen molar-refractivity contribution >= 4 is 29.6 Å². The van der Waals surface area contributed by atoms with Crippen molar-refractivity contribution in [3.05, 3.63) is 76.0 Å². The number of carbonyl (C=O) groups excluding carboxylic acids is 3. The molecule has 0 saturated carbocycles. The van der Waals surface area contributed by atoms with Crippen LogP contribution in [0.1, 0.15) is 24.1 Å². The first kappa shape index (κ1) is 23.1. The second-order valence-electron chi connectivity index (χ2n) is 6.85. The lowest BCUT2D eigenvalue weighted by molar-refractivity contribution is -0.143. The Morgan fingerprint density at radius 1 is 1.06 bits per heavy atom. The summed E-state index contributed by atoms with van der Waals surface area (Å²) in [5.74, 6) is -0.606. The summed E-state index contributed by atoms with van der Waals surface area (Å²) in [6.07, 6.45) is -0.0289. The third-order valence-electron chi connectivity index (χ3n) is 4.76. The molecule has 8 nitrogen and oxygen atoms in total. The van der Waals surface area contributed by atoms with E-state index in [-0.39, 0.29) is 30.9 Å². The van der Waals surface area contributed by atoms with Crippen molar-refractivity contribution in [2.24, 2.45) is 0 Å². The lowest BCUT2D eigenvalue weighted by Crippen LogP contribution is -2.47. The van der Waals surface area contributed by atoms with Crippen LogP contribution in [0.5, 0.6) is 5.75 Å². The Morgan fingerprint density at radius 2 is 1.78 bits per heavy atom. The molecule has 0 saturated heterocycles. The van der Waals surface area contributed by atoms with Crippen LogP contribution in [0.3, 0.4) is 0 Å². The van der Waals surface area contributed by atoms with E-state index >= 15 is 0 Å². The topological polar surface area (TPSA) is 103 Å². The number of rotatable bonds is 8. The van der Waals surface area contributed by atoms with Gasteiger partial charge in [-0.1, -0.05) is 41.9 Å². The number of hydrogen-bond acceptors (Lipinski definition) is 6. The molecule has 0 unspecified atom stereocenters. The molecule has 2 amide bonds. The van der Waals surface area contributed by atoms with Gasteiger partial charge in [-0.05, 0) is 30.7 Å². The Labute approximate surface area is 190 Å². The molecule has 1 atom stereocenters. The SMILES string of the molecule is CCOC(=O)C1=C(COC(=O)Cc2ccccc2OC)NC(=O)N[C@H]1c1ccc(Cl)cc1. The standard InChI is InChI=1S/C23H23ClN2O6/c1-3-31-22(28)20-17(13-32-19(27)12-15-6-4-5-7-18(15)30-2)25-23(29)26-21(20)14-8-10-16(24)11-9-14/h4-11,21H,3,12-13H2,1-2H3,(H2,25,26,29)/t21-/m0/s1. The molecule has 0 radical (unpaired) electrons. The molecule has 2 N–H and O–H groups in total. The second kappa shape index (κ2) is 10.7. The fourth-order valence-corrected chi connectivity index (χ4v) is 3.42. The molecule has 1 heterocycles. The highest BCUT2D eigenvalue weighted by Crippen LogP contribution is 2.29. The number of halogens is 1. The summed E-state index contributed by atoms with van der Waals surface area (Å²) in [7, 11) is 1.52. The number of urea groups is 1. The van der Waals surface area contributed by atoms with Crippen molar-refractivity contribution in [1.29, 1.82) is 0 Å². The Kier molecular flexibility index (Phi) is 7.72. The fourth-order valence-electron chi connectivity index (χ4n) is 3.30. The fraction of sp³-hybridized carbons (Fsp3) is 0.261. The second-order valence-corrected chi connectivity index (χ2v) is 7.28. The molecule has 32 heavy (non-hydrogen) atoms. The van der Waals surface area contributed by atoms with Gasteiger partial charge in [0.25, 0.3) is 0 Å². The molecule has 0 aromatic heterocycles. The molecule has 0 bridgehead atoms. The number of nitrogens with one attached hydrogen (secondary N) is 2. The average molecular weight is 459 g/mol. The van der Waals surface area contributed by atoms with Crippen LogP contribution < -0.4 is 15.4 Å². The van der Waals surface area contributed by atoms with Crippen molar-refractivity contribution in [3.8, 4) is 5.75 Å². The smallest absolute Gasteiger partial charge is 0.338 e. The van der Waals surface area contributed by atoms with E-state index < -0.39 is 24.0 Å². The number of para-hydroxylation sites is 1. The summed E-state index contributed by atoms with van der Waals surface area (Å²) >= 11 is 5.96. The summed E-state index contributed by atoms with van der Waals surface area (Å²) < 4.78 is 15.8. The van der Waals surface area contributed by atoms with Gasteiger partial charge >= 0.3 is 18.0 Å². The Balaban J connectivity index is 1.84. The van der Waals surface area contributed by atoms with Crippen LogP contribution in [0.2, 0.25) is 5.02 Å². The largest absolute Gasteiger partial charge is 0.496 e. The van der Waals surface area contributed by atoms with Crippen molar-refractivity contribution in [3.63, 3.8) is 0 Å².